The Morgan fingerprint density at radius 3 is 2.28 bits per heavy atom. The fourth-order valence-electron chi connectivity index (χ4n) is 9.90. The van der Waals surface area contributed by atoms with Crippen molar-refractivity contribution in [1.82, 2.24) is 0 Å². The van der Waals surface area contributed by atoms with Gasteiger partial charge in [-0.2, -0.15) is 0 Å². The second kappa shape index (κ2) is 9.02. The van der Waals surface area contributed by atoms with Crippen LogP contribution in [0.3, 0.4) is 0 Å². The largest absolute Gasteiger partial charge is 0.393 e. The first-order valence-electron chi connectivity index (χ1n) is 14.0. The van der Waals surface area contributed by atoms with Crippen molar-refractivity contribution < 1.29 is 10.2 Å². The topological polar surface area (TPSA) is 40.5 Å². The van der Waals surface area contributed by atoms with Gasteiger partial charge in [0.25, 0.3) is 0 Å². The minimum Gasteiger partial charge on any atom is -0.393 e. The summed E-state index contributed by atoms with van der Waals surface area (Å²) in [4.78, 5) is -0.511. The fraction of sp³-hybridized carbons (Fsp3) is 1.00. The summed E-state index contributed by atoms with van der Waals surface area (Å²) in [5.41, 5.74) is 0.172. The molecule has 0 aromatic rings. The molecular weight excluding hydrogens is 416 g/mol. The SMILES string of the molecule is CC[C@H](CC[C@@H](C)[C@H]1CC[C@H]2[C@@H]3CC[C@H]4C[C@@H](O)CC[C@]4(C)[C@@]3(Cl)[C@@H](O)C[C@]12C)C(C)C. The average molecular weight is 467 g/mol. The monoisotopic (exact) mass is 466 g/mol. The lowest BCUT2D eigenvalue weighted by molar-refractivity contribution is -0.163. The van der Waals surface area contributed by atoms with E-state index in [9.17, 15) is 10.2 Å². The summed E-state index contributed by atoms with van der Waals surface area (Å²) in [6.45, 7) is 14.5. The lowest BCUT2D eigenvalue weighted by Gasteiger charge is -2.66. The molecule has 4 fully saturated rings. The highest BCUT2D eigenvalue weighted by atomic mass is 35.5. The minimum absolute atomic E-state index is 0.0488. The highest BCUT2D eigenvalue weighted by molar-refractivity contribution is 6.25. The van der Waals surface area contributed by atoms with E-state index in [1.165, 1.54) is 38.5 Å². The van der Waals surface area contributed by atoms with Crippen molar-refractivity contribution in [2.24, 2.45) is 52.3 Å². The lowest BCUT2D eigenvalue weighted by Crippen LogP contribution is -2.68. The summed E-state index contributed by atoms with van der Waals surface area (Å²) in [5, 5.41) is 22.1. The number of hydrogen-bond acceptors (Lipinski definition) is 2. The molecule has 3 heteroatoms. The van der Waals surface area contributed by atoms with Crippen LogP contribution in [0.5, 0.6) is 0 Å². The molecule has 4 aliphatic rings. The maximum atomic E-state index is 11.8. The molecule has 0 radical (unpaired) electrons. The number of alkyl halides is 1. The normalized spacial score (nSPS) is 50.4. The molecule has 0 amide bonds. The van der Waals surface area contributed by atoms with Crippen LogP contribution < -0.4 is 0 Å². The maximum absolute atomic E-state index is 11.8. The molecule has 32 heavy (non-hydrogen) atoms. The van der Waals surface area contributed by atoms with Crippen LogP contribution in [0.25, 0.3) is 0 Å². The van der Waals surface area contributed by atoms with Crippen LogP contribution in [0.15, 0.2) is 0 Å². The molecule has 0 bridgehead atoms. The zero-order chi connectivity index (χ0) is 23.5. The number of halogens is 1. The van der Waals surface area contributed by atoms with Gasteiger partial charge < -0.3 is 10.2 Å². The molecule has 186 valence electrons. The zero-order valence-corrected chi connectivity index (χ0v) is 22.5. The molecule has 0 aliphatic heterocycles. The predicted molar refractivity (Wildman–Crippen MR) is 135 cm³/mol. The van der Waals surface area contributed by atoms with Crippen LogP contribution in [0.4, 0.5) is 0 Å². The van der Waals surface area contributed by atoms with Crippen LogP contribution in [-0.2, 0) is 0 Å². The molecular formula is C29H51ClO2. The summed E-state index contributed by atoms with van der Waals surface area (Å²) >= 11 is 7.67. The van der Waals surface area contributed by atoms with Crippen molar-refractivity contribution in [3.63, 3.8) is 0 Å². The fourth-order valence-corrected chi connectivity index (χ4v) is 10.5. The summed E-state index contributed by atoms with van der Waals surface area (Å²) in [7, 11) is 0. The third-order valence-corrected chi connectivity index (χ3v) is 12.9. The van der Waals surface area contributed by atoms with E-state index in [4.69, 9.17) is 11.6 Å². The first kappa shape index (κ1) is 25.3. The number of fused-ring (bicyclic) bond motifs is 5. The Hall–Kier alpha value is 0.210. The highest BCUT2D eigenvalue weighted by Crippen LogP contribution is 2.71. The standard InChI is InChI=1S/C29H51ClO2/c1-7-20(18(2)3)9-8-19(4)23-12-13-24-25-11-10-21-16-22(31)14-15-28(21,6)29(25,30)26(32)17-27(23,24)5/h18-26,31-32H,7-17H2,1-6H3/t19-,20-,21+,22+,23-,24+,25+,26+,27-,28+,29+/m1/s1. The van der Waals surface area contributed by atoms with Gasteiger partial charge in [0.1, 0.15) is 0 Å². The summed E-state index contributed by atoms with van der Waals surface area (Å²) in [6, 6.07) is 0. The first-order valence-corrected chi connectivity index (χ1v) is 14.4. The Bertz CT molecular complexity index is 666. The number of hydrogen-bond donors (Lipinski definition) is 2. The second-order valence-electron chi connectivity index (χ2n) is 13.5. The number of rotatable bonds is 6. The molecule has 0 aromatic carbocycles. The smallest absolute Gasteiger partial charge is 0.0791 e. The van der Waals surface area contributed by atoms with Crippen molar-refractivity contribution in [1.29, 1.82) is 0 Å². The molecule has 4 aliphatic carbocycles. The van der Waals surface area contributed by atoms with Crippen molar-refractivity contribution in [3.8, 4) is 0 Å². The van der Waals surface area contributed by atoms with E-state index in [0.29, 0.717) is 23.7 Å². The van der Waals surface area contributed by atoms with Crippen LogP contribution in [0.2, 0.25) is 0 Å². The third kappa shape index (κ3) is 3.72. The molecule has 0 unspecified atom stereocenters. The molecule has 0 aromatic heterocycles. The van der Waals surface area contributed by atoms with Gasteiger partial charge in [-0.3, -0.25) is 0 Å². The van der Waals surface area contributed by atoms with Gasteiger partial charge in [0.15, 0.2) is 0 Å². The van der Waals surface area contributed by atoms with Crippen LogP contribution in [0.1, 0.15) is 112 Å². The van der Waals surface area contributed by atoms with Crippen molar-refractivity contribution in [2.75, 3.05) is 0 Å². The van der Waals surface area contributed by atoms with E-state index in [-0.39, 0.29) is 16.9 Å². The number of aliphatic hydroxyl groups is 2. The maximum Gasteiger partial charge on any atom is 0.0791 e. The Kier molecular flexibility index (Phi) is 7.13. The minimum atomic E-state index is -0.511. The van der Waals surface area contributed by atoms with E-state index in [1.807, 2.05) is 0 Å². The van der Waals surface area contributed by atoms with Crippen molar-refractivity contribution in [2.45, 2.75) is 129 Å². The van der Waals surface area contributed by atoms with Crippen molar-refractivity contribution in [3.05, 3.63) is 0 Å². The van der Waals surface area contributed by atoms with Gasteiger partial charge in [-0.05, 0) is 110 Å². The molecule has 11 atom stereocenters. The van der Waals surface area contributed by atoms with E-state index in [2.05, 4.69) is 41.5 Å². The van der Waals surface area contributed by atoms with Gasteiger partial charge in [0.2, 0.25) is 0 Å². The Balaban J connectivity index is 1.54. The number of aliphatic hydroxyl groups excluding tert-OH is 2. The molecule has 0 heterocycles. The van der Waals surface area contributed by atoms with E-state index in [1.54, 1.807) is 0 Å². The van der Waals surface area contributed by atoms with Gasteiger partial charge in [-0.15, -0.1) is 11.6 Å². The van der Waals surface area contributed by atoms with E-state index in [0.717, 1.165) is 49.9 Å². The molecule has 0 saturated heterocycles. The first-order chi connectivity index (χ1) is 15.0. The third-order valence-electron chi connectivity index (χ3n) is 11.9. The molecule has 0 spiro atoms. The molecule has 4 rings (SSSR count). The van der Waals surface area contributed by atoms with Gasteiger partial charge in [0.05, 0.1) is 17.1 Å². The van der Waals surface area contributed by atoms with Crippen LogP contribution in [0, 0.1) is 52.3 Å². The average Bonchev–Trinajstić information content (AvgIpc) is 3.06. The predicted octanol–water partition coefficient (Wildman–Crippen LogP) is 7.44. The van der Waals surface area contributed by atoms with Crippen LogP contribution in [-0.4, -0.2) is 27.3 Å². The van der Waals surface area contributed by atoms with Gasteiger partial charge in [0, 0.05) is 0 Å². The zero-order valence-electron chi connectivity index (χ0n) is 21.7. The summed E-state index contributed by atoms with van der Waals surface area (Å²) in [5.74, 6) is 4.58. The Labute approximate surface area is 203 Å². The van der Waals surface area contributed by atoms with Crippen molar-refractivity contribution >= 4 is 11.6 Å². The Morgan fingerprint density at radius 2 is 1.62 bits per heavy atom. The van der Waals surface area contributed by atoms with E-state index < -0.39 is 11.0 Å². The Morgan fingerprint density at radius 1 is 0.938 bits per heavy atom. The van der Waals surface area contributed by atoms with Crippen LogP contribution >= 0.6 is 11.6 Å². The summed E-state index contributed by atoms with van der Waals surface area (Å²) in [6.07, 6.45) is 11.9. The van der Waals surface area contributed by atoms with E-state index >= 15 is 0 Å². The lowest BCUT2D eigenvalue weighted by atomic mass is 9.43. The molecule has 2 N–H and O–H groups in total. The highest BCUT2D eigenvalue weighted by Gasteiger charge is 2.70. The van der Waals surface area contributed by atoms with Gasteiger partial charge in [-0.1, -0.05) is 54.4 Å². The summed E-state index contributed by atoms with van der Waals surface area (Å²) < 4.78 is 0. The molecule has 2 nitrogen and oxygen atoms in total. The molecule has 4 saturated carbocycles. The van der Waals surface area contributed by atoms with Gasteiger partial charge >= 0.3 is 0 Å². The van der Waals surface area contributed by atoms with Gasteiger partial charge in [-0.25, -0.2) is 0 Å². The second-order valence-corrected chi connectivity index (χ2v) is 14.1. The quantitative estimate of drug-likeness (QED) is 0.399.